The number of benzene rings is 1. The van der Waals surface area contributed by atoms with Crippen LogP contribution in [0.2, 0.25) is 0 Å². The summed E-state index contributed by atoms with van der Waals surface area (Å²) in [6.07, 6.45) is 0. The van der Waals surface area contributed by atoms with Gasteiger partial charge in [0.2, 0.25) is 5.88 Å². The molecule has 0 radical (unpaired) electrons. The van der Waals surface area contributed by atoms with Gasteiger partial charge in [-0.05, 0) is 25.5 Å². The molecule has 0 spiro atoms. The lowest BCUT2D eigenvalue weighted by atomic mass is 10.1. The number of nitrogens with zero attached hydrogens (tertiary/aromatic N) is 2. The molecule has 2 aromatic rings. The highest BCUT2D eigenvalue weighted by Crippen LogP contribution is 2.13. The van der Waals surface area contributed by atoms with Crippen LogP contribution < -0.4 is 5.56 Å². The molecule has 0 bridgehead atoms. The molecule has 4 heteroatoms. The highest BCUT2D eigenvalue weighted by Gasteiger charge is 2.05. The first-order valence-corrected chi connectivity index (χ1v) is 4.95. The predicted octanol–water partition coefficient (Wildman–Crippen LogP) is 1.55. The molecule has 0 fully saturated rings. The van der Waals surface area contributed by atoms with E-state index in [1.54, 1.807) is 0 Å². The van der Waals surface area contributed by atoms with E-state index in [-0.39, 0.29) is 11.4 Å². The maximum atomic E-state index is 11.6. The van der Waals surface area contributed by atoms with Gasteiger partial charge < -0.3 is 5.11 Å². The Morgan fingerprint density at radius 3 is 2.62 bits per heavy atom. The summed E-state index contributed by atoms with van der Waals surface area (Å²) in [7, 11) is 0. The summed E-state index contributed by atoms with van der Waals surface area (Å²) in [5.41, 5.74) is 2.49. The Bertz CT molecular complexity index is 588. The van der Waals surface area contributed by atoms with Crippen molar-refractivity contribution >= 4 is 0 Å². The van der Waals surface area contributed by atoms with E-state index in [4.69, 9.17) is 0 Å². The molecule has 0 aliphatic carbocycles. The van der Waals surface area contributed by atoms with Crippen LogP contribution in [0.25, 0.3) is 5.69 Å². The van der Waals surface area contributed by atoms with E-state index in [9.17, 15) is 9.90 Å². The zero-order chi connectivity index (χ0) is 11.7. The van der Waals surface area contributed by atoms with E-state index in [0.29, 0.717) is 5.69 Å². The third-order valence-corrected chi connectivity index (χ3v) is 2.37. The van der Waals surface area contributed by atoms with Gasteiger partial charge in [0.25, 0.3) is 5.56 Å². The highest BCUT2D eigenvalue weighted by molar-refractivity contribution is 5.41. The summed E-state index contributed by atoms with van der Waals surface area (Å²) in [5, 5.41) is 13.1. The molecule has 1 aromatic heterocycles. The van der Waals surface area contributed by atoms with E-state index in [2.05, 4.69) is 5.10 Å². The Kier molecular flexibility index (Phi) is 2.48. The van der Waals surface area contributed by atoms with Crippen LogP contribution in [0.4, 0.5) is 0 Å². The number of hydrogen-bond acceptors (Lipinski definition) is 3. The smallest absolute Gasteiger partial charge is 0.271 e. The van der Waals surface area contributed by atoms with Crippen molar-refractivity contribution in [2.24, 2.45) is 0 Å². The molecule has 4 nitrogen and oxygen atoms in total. The van der Waals surface area contributed by atoms with Gasteiger partial charge in [-0.1, -0.05) is 17.7 Å². The Balaban J connectivity index is 2.67. The summed E-state index contributed by atoms with van der Waals surface area (Å²) in [6.45, 7) is 3.88. The Labute approximate surface area is 92.8 Å². The Morgan fingerprint density at radius 2 is 1.94 bits per heavy atom. The second-order valence-corrected chi connectivity index (χ2v) is 3.73. The van der Waals surface area contributed by atoms with Gasteiger partial charge in [-0.3, -0.25) is 4.79 Å². The third-order valence-electron chi connectivity index (χ3n) is 2.37. The minimum Gasteiger partial charge on any atom is -0.492 e. The molecule has 0 unspecified atom stereocenters. The van der Waals surface area contributed by atoms with Crippen LogP contribution in [0.5, 0.6) is 5.88 Å². The van der Waals surface area contributed by atoms with Crippen LogP contribution in [0.1, 0.15) is 11.1 Å². The number of aromatic nitrogens is 2. The lowest BCUT2D eigenvalue weighted by Gasteiger charge is -2.08. The minimum absolute atomic E-state index is 0.167. The average molecular weight is 216 g/mol. The molecule has 16 heavy (non-hydrogen) atoms. The highest BCUT2D eigenvalue weighted by atomic mass is 16.3. The van der Waals surface area contributed by atoms with Crippen LogP contribution >= 0.6 is 0 Å². The van der Waals surface area contributed by atoms with Gasteiger partial charge in [-0.15, -0.1) is 5.10 Å². The molecule has 1 heterocycles. The average Bonchev–Trinajstić information content (AvgIpc) is 2.22. The van der Waals surface area contributed by atoms with Crippen LogP contribution in [0, 0.1) is 13.8 Å². The first-order valence-electron chi connectivity index (χ1n) is 4.95. The Hall–Kier alpha value is -2.10. The lowest BCUT2D eigenvalue weighted by Crippen LogP contribution is -2.20. The van der Waals surface area contributed by atoms with E-state index in [1.807, 2.05) is 32.0 Å². The van der Waals surface area contributed by atoms with E-state index < -0.39 is 0 Å². The summed E-state index contributed by atoms with van der Waals surface area (Å²) in [4.78, 5) is 11.6. The van der Waals surface area contributed by atoms with E-state index in [1.165, 1.54) is 16.8 Å². The summed E-state index contributed by atoms with van der Waals surface area (Å²) >= 11 is 0. The number of aryl methyl sites for hydroxylation is 2. The monoisotopic (exact) mass is 216 g/mol. The van der Waals surface area contributed by atoms with Gasteiger partial charge in [-0.2, -0.15) is 4.68 Å². The van der Waals surface area contributed by atoms with Gasteiger partial charge in [-0.25, -0.2) is 0 Å². The molecule has 1 N–H and O–H groups in total. The first-order chi connectivity index (χ1) is 7.58. The zero-order valence-corrected chi connectivity index (χ0v) is 9.14. The first kappa shape index (κ1) is 10.4. The summed E-state index contributed by atoms with van der Waals surface area (Å²) in [6, 6.07) is 8.26. The topological polar surface area (TPSA) is 55.1 Å². The van der Waals surface area contributed by atoms with Crippen molar-refractivity contribution in [3.8, 4) is 11.6 Å². The molecule has 82 valence electrons. The van der Waals surface area contributed by atoms with Crippen LogP contribution in [0.3, 0.4) is 0 Å². The van der Waals surface area contributed by atoms with Gasteiger partial charge >= 0.3 is 0 Å². The maximum absolute atomic E-state index is 11.6. The molecule has 0 saturated heterocycles. The number of aromatic hydroxyl groups is 1. The van der Waals surface area contributed by atoms with Crippen molar-refractivity contribution in [3.63, 3.8) is 0 Å². The standard InChI is InChI=1S/C12H12N2O2/c1-8-3-4-10(9(2)7-8)14-12(16)6-5-11(15)13-14/h3-7H,1-2H3,(H,13,15). The lowest BCUT2D eigenvalue weighted by molar-refractivity contribution is 0.436. The molecular formula is C12H12N2O2. The molecule has 0 aliphatic heterocycles. The maximum Gasteiger partial charge on any atom is 0.271 e. The molecule has 1 aromatic carbocycles. The molecule has 0 amide bonds. The van der Waals surface area contributed by atoms with Gasteiger partial charge in [0.1, 0.15) is 0 Å². The van der Waals surface area contributed by atoms with Crippen LogP contribution in [-0.2, 0) is 0 Å². The molecule has 0 atom stereocenters. The van der Waals surface area contributed by atoms with E-state index >= 15 is 0 Å². The van der Waals surface area contributed by atoms with Crippen molar-refractivity contribution in [2.75, 3.05) is 0 Å². The van der Waals surface area contributed by atoms with Crippen molar-refractivity contribution in [2.45, 2.75) is 13.8 Å². The van der Waals surface area contributed by atoms with Gasteiger partial charge in [0.05, 0.1) is 5.69 Å². The van der Waals surface area contributed by atoms with Crippen molar-refractivity contribution < 1.29 is 5.11 Å². The fourth-order valence-electron chi connectivity index (χ4n) is 1.62. The van der Waals surface area contributed by atoms with Crippen molar-refractivity contribution in [1.82, 2.24) is 9.78 Å². The van der Waals surface area contributed by atoms with E-state index in [0.717, 1.165) is 11.1 Å². The van der Waals surface area contributed by atoms with Gasteiger partial charge in [0.15, 0.2) is 0 Å². The number of rotatable bonds is 1. The number of hydrogen-bond donors (Lipinski definition) is 1. The molecule has 0 saturated carbocycles. The quantitative estimate of drug-likeness (QED) is 0.787. The fourth-order valence-corrected chi connectivity index (χ4v) is 1.62. The van der Waals surface area contributed by atoms with Crippen LogP contribution in [0.15, 0.2) is 35.1 Å². The molecule has 0 aliphatic rings. The fraction of sp³-hybridized carbons (Fsp3) is 0.167. The van der Waals surface area contributed by atoms with Gasteiger partial charge in [0, 0.05) is 12.1 Å². The normalized spacial score (nSPS) is 10.4. The summed E-state index contributed by atoms with van der Waals surface area (Å²) in [5.74, 6) is -0.167. The Morgan fingerprint density at radius 1 is 1.19 bits per heavy atom. The van der Waals surface area contributed by atoms with Crippen LogP contribution in [-0.4, -0.2) is 14.9 Å². The molecular weight excluding hydrogens is 204 g/mol. The van der Waals surface area contributed by atoms with Crippen molar-refractivity contribution in [3.05, 3.63) is 51.8 Å². The predicted molar refractivity (Wildman–Crippen MR) is 61.0 cm³/mol. The van der Waals surface area contributed by atoms with Crippen molar-refractivity contribution in [1.29, 1.82) is 0 Å². The third kappa shape index (κ3) is 1.82. The SMILES string of the molecule is Cc1ccc(-n2nc(O)ccc2=O)c(C)c1. The molecule has 2 rings (SSSR count). The largest absolute Gasteiger partial charge is 0.492 e. The minimum atomic E-state index is -0.259. The second kappa shape index (κ2) is 3.81. The zero-order valence-electron chi connectivity index (χ0n) is 9.14. The summed E-state index contributed by atoms with van der Waals surface area (Å²) < 4.78 is 1.20. The second-order valence-electron chi connectivity index (χ2n) is 3.73.